The molecule has 0 atom stereocenters. The number of hydrogen-bond donors (Lipinski definition) is 2. The van der Waals surface area contributed by atoms with E-state index < -0.39 is 5.95 Å². The Bertz CT molecular complexity index is 753. The van der Waals surface area contributed by atoms with Crippen LogP contribution < -0.4 is 5.32 Å². The van der Waals surface area contributed by atoms with Gasteiger partial charge in [-0.15, -0.1) is 0 Å². The molecule has 5 nitrogen and oxygen atoms in total. The molecule has 2 N–H and O–H groups in total. The molecule has 94 valence electrons. The number of fused-ring (bicyclic) bond motifs is 1. The van der Waals surface area contributed by atoms with E-state index in [1.54, 1.807) is 18.3 Å². The van der Waals surface area contributed by atoms with Gasteiger partial charge >= 0.3 is 0 Å². The molecule has 19 heavy (non-hydrogen) atoms. The fraction of sp³-hybridized carbons (Fsp3) is 0. The lowest BCUT2D eigenvalue weighted by Crippen LogP contribution is -1.93. The van der Waals surface area contributed by atoms with Gasteiger partial charge in [-0.1, -0.05) is 0 Å². The second kappa shape index (κ2) is 4.49. The zero-order valence-corrected chi connectivity index (χ0v) is 9.72. The average Bonchev–Trinajstić information content (AvgIpc) is 2.82. The zero-order chi connectivity index (χ0) is 13.2. The third-order valence-corrected chi connectivity index (χ3v) is 2.73. The first-order valence-electron chi connectivity index (χ1n) is 5.57. The summed E-state index contributed by atoms with van der Waals surface area (Å²) in [6.07, 6.45) is 3.54. The van der Waals surface area contributed by atoms with Crippen LogP contribution in [0.3, 0.4) is 0 Å². The lowest BCUT2D eigenvalue weighted by molar-refractivity contribution is -0.105. The molecule has 3 heterocycles. The zero-order valence-electron chi connectivity index (χ0n) is 9.72. The topological polar surface area (TPSA) is 70.7 Å². The van der Waals surface area contributed by atoms with Gasteiger partial charge in [0.05, 0.1) is 11.9 Å². The monoisotopic (exact) mass is 256 g/mol. The first-order valence-corrected chi connectivity index (χ1v) is 5.57. The molecule has 0 aliphatic carbocycles. The van der Waals surface area contributed by atoms with Crippen molar-refractivity contribution in [2.75, 3.05) is 5.32 Å². The van der Waals surface area contributed by atoms with E-state index in [-0.39, 0.29) is 0 Å². The number of nitrogens with zero attached hydrogens (tertiary/aromatic N) is 2. The van der Waals surface area contributed by atoms with Gasteiger partial charge in [0.1, 0.15) is 5.65 Å². The van der Waals surface area contributed by atoms with Gasteiger partial charge in [0.2, 0.25) is 12.4 Å². The highest BCUT2D eigenvalue weighted by Gasteiger charge is 2.06. The molecule has 3 aromatic rings. The number of rotatable bonds is 3. The Morgan fingerprint density at radius 3 is 2.95 bits per heavy atom. The standard InChI is InChI=1S/C13H9FN4O/c14-12-5-8(1-2-15-12)11-4-9-3-10(17-7-19)6-16-13(9)18-11/h1-7H,(H,16,18)(H,17,19). The molecule has 3 rings (SSSR count). The molecule has 0 aliphatic rings. The fourth-order valence-corrected chi connectivity index (χ4v) is 1.89. The van der Waals surface area contributed by atoms with Crippen molar-refractivity contribution < 1.29 is 9.18 Å². The third-order valence-electron chi connectivity index (χ3n) is 2.73. The minimum absolute atomic E-state index is 0.535. The summed E-state index contributed by atoms with van der Waals surface area (Å²) < 4.78 is 13.1. The second-order valence-corrected chi connectivity index (χ2v) is 3.97. The lowest BCUT2D eigenvalue weighted by Gasteiger charge is -1.96. The van der Waals surface area contributed by atoms with Gasteiger partial charge in [0.15, 0.2) is 0 Å². The van der Waals surface area contributed by atoms with E-state index in [4.69, 9.17) is 0 Å². The number of pyridine rings is 2. The molecular formula is C13H9FN4O. The molecule has 0 spiro atoms. The van der Waals surface area contributed by atoms with Crippen LogP contribution in [0.5, 0.6) is 0 Å². The number of nitrogens with one attached hydrogen (secondary N) is 2. The van der Waals surface area contributed by atoms with Gasteiger partial charge in [-0.2, -0.15) is 4.39 Å². The minimum Gasteiger partial charge on any atom is -0.339 e. The van der Waals surface area contributed by atoms with Crippen molar-refractivity contribution in [3.8, 4) is 11.3 Å². The first kappa shape index (κ1) is 11.3. The van der Waals surface area contributed by atoms with Crippen molar-refractivity contribution in [3.05, 3.63) is 42.6 Å². The smallest absolute Gasteiger partial charge is 0.213 e. The fourth-order valence-electron chi connectivity index (χ4n) is 1.89. The number of amides is 1. The van der Waals surface area contributed by atoms with Gasteiger partial charge in [0, 0.05) is 28.9 Å². The number of anilines is 1. The molecule has 0 saturated carbocycles. The molecule has 0 aromatic carbocycles. The number of aromatic nitrogens is 3. The Morgan fingerprint density at radius 1 is 1.26 bits per heavy atom. The Morgan fingerprint density at radius 2 is 2.16 bits per heavy atom. The Hall–Kier alpha value is -2.76. The lowest BCUT2D eigenvalue weighted by atomic mass is 10.2. The van der Waals surface area contributed by atoms with Gasteiger partial charge in [0.25, 0.3) is 0 Å². The first-order chi connectivity index (χ1) is 9.26. The Kier molecular flexibility index (Phi) is 2.68. The number of aromatic amines is 1. The molecule has 0 fully saturated rings. The molecule has 0 unspecified atom stereocenters. The number of carbonyl (C=O) groups excluding carboxylic acids is 1. The van der Waals surface area contributed by atoms with Gasteiger partial charge in [-0.25, -0.2) is 9.97 Å². The third kappa shape index (κ3) is 2.15. The van der Waals surface area contributed by atoms with E-state index in [1.165, 1.54) is 12.3 Å². The van der Waals surface area contributed by atoms with E-state index in [0.29, 0.717) is 23.3 Å². The van der Waals surface area contributed by atoms with Gasteiger partial charge in [-0.3, -0.25) is 4.79 Å². The van der Waals surface area contributed by atoms with Crippen LogP contribution in [0.4, 0.5) is 10.1 Å². The van der Waals surface area contributed by atoms with Crippen LogP contribution in [-0.2, 0) is 4.79 Å². The summed E-state index contributed by atoms with van der Waals surface area (Å²) in [5, 5.41) is 3.36. The van der Waals surface area contributed by atoms with Crippen LogP contribution in [0.2, 0.25) is 0 Å². The average molecular weight is 256 g/mol. The van der Waals surface area contributed by atoms with Crippen LogP contribution in [0.25, 0.3) is 22.3 Å². The van der Waals surface area contributed by atoms with Crippen molar-refractivity contribution in [1.82, 2.24) is 15.0 Å². The summed E-state index contributed by atoms with van der Waals surface area (Å²) in [5.74, 6) is -0.535. The number of hydrogen-bond acceptors (Lipinski definition) is 3. The van der Waals surface area contributed by atoms with Crippen molar-refractivity contribution in [1.29, 1.82) is 0 Å². The molecule has 0 bridgehead atoms. The summed E-state index contributed by atoms with van der Waals surface area (Å²) in [4.78, 5) is 21.2. The highest BCUT2D eigenvalue weighted by Crippen LogP contribution is 2.24. The van der Waals surface area contributed by atoms with Crippen LogP contribution in [0, 0.1) is 5.95 Å². The largest absolute Gasteiger partial charge is 0.339 e. The number of carbonyl (C=O) groups is 1. The highest BCUT2D eigenvalue weighted by atomic mass is 19.1. The second-order valence-electron chi connectivity index (χ2n) is 3.97. The summed E-state index contributed by atoms with van der Waals surface area (Å²) in [6, 6.07) is 6.68. The van der Waals surface area contributed by atoms with Crippen LogP contribution in [0.15, 0.2) is 36.7 Å². The molecular weight excluding hydrogens is 247 g/mol. The summed E-state index contributed by atoms with van der Waals surface area (Å²) in [5.41, 5.74) is 2.71. The van der Waals surface area contributed by atoms with E-state index in [0.717, 1.165) is 11.1 Å². The van der Waals surface area contributed by atoms with E-state index in [9.17, 15) is 9.18 Å². The molecule has 6 heteroatoms. The molecule has 0 aliphatic heterocycles. The van der Waals surface area contributed by atoms with Crippen molar-refractivity contribution in [3.63, 3.8) is 0 Å². The molecule has 1 amide bonds. The molecule has 0 radical (unpaired) electrons. The summed E-state index contributed by atoms with van der Waals surface area (Å²) in [6.45, 7) is 0. The normalized spacial score (nSPS) is 10.6. The van der Waals surface area contributed by atoms with Gasteiger partial charge in [-0.05, 0) is 18.2 Å². The molecule has 3 aromatic heterocycles. The van der Waals surface area contributed by atoms with Crippen LogP contribution in [-0.4, -0.2) is 21.4 Å². The van der Waals surface area contributed by atoms with E-state index in [2.05, 4.69) is 20.3 Å². The quantitative estimate of drug-likeness (QED) is 0.558. The predicted octanol–water partition coefficient (Wildman–Crippen LogP) is 2.33. The number of H-pyrrole nitrogens is 1. The van der Waals surface area contributed by atoms with Gasteiger partial charge < -0.3 is 10.3 Å². The highest BCUT2D eigenvalue weighted by molar-refractivity contribution is 5.86. The van der Waals surface area contributed by atoms with Crippen molar-refractivity contribution in [2.24, 2.45) is 0 Å². The minimum atomic E-state index is -0.535. The van der Waals surface area contributed by atoms with Crippen molar-refractivity contribution >= 4 is 23.1 Å². The van der Waals surface area contributed by atoms with Crippen LogP contribution in [0.1, 0.15) is 0 Å². The Balaban J connectivity index is 2.08. The SMILES string of the molecule is O=CNc1cnc2[nH]c(-c3ccnc(F)c3)cc2c1. The van der Waals surface area contributed by atoms with Crippen LogP contribution >= 0.6 is 0 Å². The maximum atomic E-state index is 13.1. The van der Waals surface area contributed by atoms with Crippen molar-refractivity contribution in [2.45, 2.75) is 0 Å². The number of halogens is 1. The summed E-state index contributed by atoms with van der Waals surface area (Å²) >= 11 is 0. The maximum absolute atomic E-state index is 13.1. The molecule has 0 saturated heterocycles. The Labute approximate surface area is 107 Å². The van der Waals surface area contributed by atoms with E-state index >= 15 is 0 Å². The summed E-state index contributed by atoms with van der Waals surface area (Å²) in [7, 11) is 0. The van der Waals surface area contributed by atoms with E-state index in [1.807, 2.05) is 6.07 Å². The predicted molar refractivity (Wildman–Crippen MR) is 69.0 cm³/mol. The maximum Gasteiger partial charge on any atom is 0.213 e.